The highest BCUT2D eigenvalue weighted by atomic mass is 32.2. The number of hydrogen-bond donors (Lipinski definition) is 2. The molecule has 144 valence electrons. The van der Waals surface area contributed by atoms with E-state index in [0.717, 1.165) is 16.7 Å². The molecule has 0 aliphatic heterocycles. The number of aromatic nitrogens is 2. The highest BCUT2D eigenvalue weighted by Crippen LogP contribution is 2.23. The van der Waals surface area contributed by atoms with Crippen molar-refractivity contribution in [3.63, 3.8) is 0 Å². The summed E-state index contributed by atoms with van der Waals surface area (Å²) in [6.07, 6.45) is 0. The molecular formula is C20H20N4O2S2. The van der Waals surface area contributed by atoms with Crippen LogP contribution in [0.15, 0.2) is 52.9 Å². The summed E-state index contributed by atoms with van der Waals surface area (Å²) in [5, 5.41) is 13.8. The van der Waals surface area contributed by atoms with Crippen LogP contribution in [0.4, 0.5) is 5.69 Å². The van der Waals surface area contributed by atoms with Gasteiger partial charge in [-0.05, 0) is 31.5 Å². The van der Waals surface area contributed by atoms with Crippen LogP contribution in [0.3, 0.4) is 0 Å². The first-order valence-electron chi connectivity index (χ1n) is 8.66. The molecule has 28 heavy (non-hydrogen) atoms. The first-order valence-corrected chi connectivity index (χ1v) is 10.5. The number of benzene rings is 2. The summed E-state index contributed by atoms with van der Waals surface area (Å²) >= 11 is 2.44. The Morgan fingerprint density at radius 1 is 1.04 bits per heavy atom. The largest absolute Gasteiger partial charge is 0.351 e. The SMILES string of the molecule is Cc1ccc(NC(=O)c2nnc(SCC(=O)NCc3cccc(C)c3)s2)cc1. The molecule has 0 saturated heterocycles. The number of aryl methyl sites for hydroxylation is 2. The number of nitrogens with one attached hydrogen (secondary N) is 2. The van der Waals surface area contributed by atoms with Crippen molar-refractivity contribution in [1.82, 2.24) is 15.5 Å². The smallest absolute Gasteiger partial charge is 0.286 e. The molecule has 2 N–H and O–H groups in total. The van der Waals surface area contributed by atoms with Crippen LogP contribution in [0.25, 0.3) is 0 Å². The van der Waals surface area contributed by atoms with Gasteiger partial charge in [0.2, 0.25) is 10.9 Å². The van der Waals surface area contributed by atoms with E-state index in [1.807, 2.05) is 62.4 Å². The van der Waals surface area contributed by atoms with E-state index in [-0.39, 0.29) is 22.6 Å². The van der Waals surface area contributed by atoms with Crippen LogP contribution in [0.1, 0.15) is 26.5 Å². The monoisotopic (exact) mass is 412 g/mol. The molecule has 1 heterocycles. The van der Waals surface area contributed by atoms with Crippen molar-refractivity contribution in [2.45, 2.75) is 24.7 Å². The zero-order valence-corrected chi connectivity index (χ0v) is 17.2. The Morgan fingerprint density at radius 3 is 2.57 bits per heavy atom. The minimum atomic E-state index is -0.308. The molecule has 0 atom stereocenters. The van der Waals surface area contributed by atoms with Gasteiger partial charge >= 0.3 is 0 Å². The lowest BCUT2D eigenvalue weighted by atomic mass is 10.1. The van der Waals surface area contributed by atoms with Gasteiger partial charge in [0, 0.05) is 12.2 Å². The quantitative estimate of drug-likeness (QED) is 0.577. The molecule has 0 saturated carbocycles. The number of hydrogen-bond acceptors (Lipinski definition) is 6. The number of nitrogens with zero attached hydrogens (tertiary/aromatic N) is 2. The Labute approximate surface area is 171 Å². The maximum atomic E-state index is 12.2. The van der Waals surface area contributed by atoms with Crippen molar-refractivity contribution in [2.24, 2.45) is 0 Å². The molecule has 1 aromatic heterocycles. The van der Waals surface area contributed by atoms with Gasteiger partial charge in [-0.2, -0.15) is 0 Å². The number of carbonyl (C=O) groups is 2. The van der Waals surface area contributed by atoms with Gasteiger partial charge in [-0.3, -0.25) is 9.59 Å². The second kappa shape index (κ2) is 9.48. The predicted octanol–water partition coefficient (Wildman–Crippen LogP) is 3.82. The highest BCUT2D eigenvalue weighted by molar-refractivity contribution is 8.01. The summed E-state index contributed by atoms with van der Waals surface area (Å²) in [4.78, 5) is 24.3. The van der Waals surface area contributed by atoms with Gasteiger partial charge in [0.05, 0.1) is 5.75 Å². The first-order chi connectivity index (χ1) is 13.5. The molecule has 8 heteroatoms. The Kier molecular flexibility index (Phi) is 6.78. The molecule has 2 aromatic carbocycles. The van der Waals surface area contributed by atoms with Crippen molar-refractivity contribution in [2.75, 3.05) is 11.1 Å². The van der Waals surface area contributed by atoms with Crippen LogP contribution < -0.4 is 10.6 Å². The zero-order chi connectivity index (χ0) is 19.9. The minimum absolute atomic E-state index is 0.0904. The van der Waals surface area contributed by atoms with E-state index >= 15 is 0 Å². The van der Waals surface area contributed by atoms with Gasteiger partial charge in [0.1, 0.15) is 0 Å². The van der Waals surface area contributed by atoms with Crippen LogP contribution in [-0.2, 0) is 11.3 Å². The van der Waals surface area contributed by atoms with Crippen molar-refractivity contribution in [1.29, 1.82) is 0 Å². The van der Waals surface area contributed by atoms with E-state index < -0.39 is 0 Å². The minimum Gasteiger partial charge on any atom is -0.351 e. The summed E-state index contributed by atoms with van der Waals surface area (Å²) in [5.74, 6) is -0.176. The molecule has 0 bridgehead atoms. The normalized spacial score (nSPS) is 10.5. The Morgan fingerprint density at radius 2 is 1.82 bits per heavy atom. The lowest BCUT2D eigenvalue weighted by Crippen LogP contribution is -2.24. The second-order valence-corrected chi connectivity index (χ2v) is 8.45. The molecule has 0 fully saturated rings. The van der Waals surface area contributed by atoms with Crippen molar-refractivity contribution in [3.05, 3.63) is 70.2 Å². The molecule has 0 unspecified atom stereocenters. The fourth-order valence-electron chi connectivity index (χ4n) is 2.38. The molecule has 3 aromatic rings. The molecule has 2 amide bonds. The zero-order valence-electron chi connectivity index (χ0n) is 15.6. The van der Waals surface area contributed by atoms with E-state index in [4.69, 9.17) is 0 Å². The number of rotatable bonds is 7. The predicted molar refractivity (Wildman–Crippen MR) is 113 cm³/mol. The van der Waals surface area contributed by atoms with Crippen molar-refractivity contribution in [3.8, 4) is 0 Å². The Hall–Kier alpha value is -2.71. The van der Waals surface area contributed by atoms with Crippen molar-refractivity contribution < 1.29 is 9.59 Å². The van der Waals surface area contributed by atoms with Crippen LogP contribution in [0.5, 0.6) is 0 Å². The average Bonchev–Trinajstić information content (AvgIpc) is 3.16. The van der Waals surface area contributed by atoms with E-state index in [9.17, 15) is 9.59 Å². The summed E-state index contributed by atoms with van der Waals surface area (Å²) in [6.45, 7) is 4.49. The fraction of sp³-hybridized carbons (Fsp3) is 0.200. The van der Waals surface area contributed by atoms with E-state index in [1.54, 1.807) is 0 Å². The van der Waals surface area contributed by atoms with E-state index in [1.165, 1.54) is 23.1 Å². The summed E-state index contributed by atoms with van der Waals surface area (Å²) in [5.41, 5.74) is 4.04. The summed E-state index contributed by atoms with van der Waals surface area (Å²) < 4.78 is 0.583. The van der Waals surface area contributed by atoms with E-state index in [2.05, 4.69) is 20.8 Å². The molecule has 0 aliphatic carbocycles. The standard InChI is InChI=1S/C20H20N4O2S2/c1-13-6-8-16(9-7-13)22-18(26)19-23-24-20(28-19)27-12-17(25)21-11-15-5-3-4-14(2)10-15/h3-10H,11-12H2,1-2H3,(H,21,25)(H,22,26). The molecular weight excluding hydrogens is 392 g/mol. The topological polar surface area (TPSA) is 84.0 Å². The maximum Gasteiger partial charge on any atom is 0.286 e. The number of carbonyl (C=O) groups excluding carboxylic acids is 2. The van der Waals surface area contributed by atoms with Gasteiger partial charge in [-0.15, -0.1) is 10.2 Å². The van der Waals surface area contributed by atoms with Gasteiger partial charge in [0.15, 0.2) is 4.34 Å². The number of amides is 2. The molecule has 0 spiro atoms. The first kappa shape index (κ1) is 20.0. The summed E-state index contributed by atoms with van der Waals surface area (Å²) in [6, 6.07) is 15.5. The molecule has 3 rings (SSSR count). The maximum absolute atomic E-state index is 12.2. The Bertz CT molecular complexity index is 970. The van der Waals surface area contributed by atoms with Gasteiger partial charge < -0.3 is 10.6 Å². The number of thioether (sulfide) groups is 1. The van der Waals surface area contributed by atoms with Crippen LogP contribution >= 0.6 is 23.1 Å². The highest BCUT2D eigenvalue weighted by Gasteiger charge is 2.14. The van der Waals surface area contributed by atoms with Gasteiger partial charge in [-0.1, -0.05) is 70.6 Å². The molecule has 6 nitrogen and oxygen atoms in total. The molecule has 0 aliphatic rings. The third-order valence-corrected chi connectivity index (χ3v) is 5.86. The number of anilines is 1. The summed E-state index contributed by atoms with van der Waals surface area (Å²) in [7, 11) is 0. The van der Waals surface area contributed by atoms with Crippen LogP contribution in [0.2, 0.25) is 0 Å². The second-order valence-electron chi connectivity index (χ2n) is 6.25. The van der Waals surface area contributed by atoms with Crippen molar-refractivity contribution >= 4 is 40.6 Å². The lowest BCUT2D eigenvalue weighted by molar-refractivity contribution is -0.118. The Balaban J connectivity index is 1.46. The average molecular weight is 413 g/mol. The third kappa shape index (κ3) is 5.90. The van der Waals surface area contributed by atoms with Gasteiger partial charge in [0.25, 0.3) is 5.91 Å². The fourth-order valence-corrected chi connectivity index (χ4v) is 3.96. The molecule has 0 radical (unpaired) electrons. The van der Waals surface area contributed by atoms with Gasteiger partial charge in [-0.25, -0.2) is 0 Å². The van der Waals surface area contributed by atoms with Crippen LogP contribution in [0, 0.1) is 13.8 Å². The third-order valence-electron chi connectivity index (χ3n) is 3.81. The van der Waals surface area contributed by atoms with Crippen LogP contribution in [-0.4, -0.2) is 27.8 Å². The van der Waals surface area contributed by atoms with E-state index in [0.29, 0.717) is 16.6 Å². The lowest BCUT2D eigenvalue weighted by Gasteiger charge is -2.05.